The normalized spacial score (nSPS) is 22.1. The van der Waals surface area contributed by atoms with E-state index in [1.165, 1.54) is 11.1 Å². The van der Waals surface area contributed by atoms with Crippen molar-refractivity contribution < 1.29 is 24.0 Å². The van der Waals surface area contributed by atoms with E-state index in [9.17, 15) is 9.59 Å². The molecule has 2 aliphatic carbocycles. The molecule has 41 heavy (non-hydrogen) atoms. The number of aromatic nitrogens is 1. The number of rotatable bonds is 7. The number of nitrogens with two attached hydrogens (primary N) is 2. The summed E-state index contributed by atoms with van der Waals surface area (Å²) in [6, 6.07) is 22.3. The molecule has 5 N–H and O–H groups in total. The molecule has 1 heterocycles. The Morgan fingerprint density at radius 1 is 0.976 bits per heavy atom. The van der Waals surface area contributed by atoms with E-state index in [4.69, 9.17) is 31.1 Å². The maximum Gasteiger partial charge on any atom is 0.348 e. The summed E-state index contributed by atoms with van der Waals surface area (Å²) in [6.45, 7) is 2.07. The maximum absolute atomic E-state index is 12.1. The van der Waals surface area contributed by atoms with Crippen molar-refractivity contribution in [1.29, 1.82) is 5.26 Å². The smallest absolute Gasteiger partial charge is 0.348 e. The predicted molar refractivity (Wildman–Crippen MR) is 154 cm³/mol. The minimum absolute atomic E-state index is 0.00374. The molecule has 4 atom stereocenters. The van der Waals surface area contributed by atoms with Gasteiger partial charge in [0.1, 0.15) is 17.3 Å². The van der Waals surface area contributed by atoms with Crippen LogP contribution in [0.3, 0.4) is 0 Å². The predicted octanol–water partition coefficient (Wildman–Crippen LogP) is 5.88. The fraction of sp³-hybridized carbons (Fsp3) is 0.375. The maximum atomic E-state index is 12.1. The lowest BCUT2D eigenvalue weighted by Gasteiger charge is -2.12. The van der Waals surface area contributed by atoms with E-state index in [1.807, 2.05) is 24.3 Å². The molecule has 0 saturated heterocycles. The van der Waals surface area contributed by atoms with Gasteiger partial charge in [-0.1, -0.05) is 65.8 Å². The van der Waals surface area contributed by atoms with Crippen LogP contribution in [0.2, 0.25) is 0 Å². The van der Waals surface area contributed by atoms with Crippen molar-refractivity contribution in [2.75, 3.05) is 12.3 Å². The molecule has 5 rings (SSSR count). The number of aliphatic carboxylic acids is 1. The molecule has 4 unspecified atom stereocenters. The second-order valence-corrected chi connectivity index (χ2v) is 10.5. The van der Waals surface area contributed by atoms with Crippen molar-refractivity contribution in [2.24, 2.45) is 11.7 Å². The van der Waals surface area contributed by atoms with Crippen molar-refractivity contribution >= 4 is 17.8 Å². The lowest BCUT2D eigenvalue weighted by molar-refractivity contribution is -0.132. The molecule has 0 radical (unpaired) electrons. The summed E-state index contributed by atoms with van der Waals surface area (Å²) < 4.78 is 10.1. The van der Waals surface area contributed by atoms with E-state index >= 15 is 0 Å². The van der Waals surface area contributed by atoms with E-state index in [1.54, 1.807) is 13.0 Å². The molecule has 2 fully saturated rings. The summed E-state index contributed by atoms with van der Waals surface area (Å²) in [5.41, 5.74) is 15.1. The Morgan fingerprint density at radius 3 is 2.10 bits per heavy atom. The van der Waals surface area contributed by atoms with Gasteiger partial charge in [0.2, 0.25) is 5.88 Å². The number of allylic oxidation sites excluding steroid dienone is 1. The number of carbonyl (C=O) groups is 2. The molecule has 1 aromatic heterocycles. The van der Waals surface area contributed by atoms with Gasteiger partial charge in [0.15, 0.2) is 5.57 Å². The summed E-state index contributed by atoms with van der Waals surface area (Å²) in [7, 11) is 0. The van der Waals surface area contributed by atoms with Crippen molar-refractivity contribution in [2.45, 2.75) is 63.2 Å². The Bertz CT molecular complexity index is 1410. The number of ether oxygens (including phenoxy) is 1. The van der Waals surface area contributed by atoms with Gasteiger partial charge in [-0.25, -0.2) is 9.59 Å². The molecule has 2 aliphatic rings. The first kappa shape index (κ1) is 29.4. The number of nitrogen functional groups attached to an aromatic ring is 1. The summed E-state index contributed by atoms with van der Waals surface area (Å²) in [5.74, 6) is -0.557. The molecule has 2 aromatic carbocycles. The standard InChI is InChI=1S/C17H20N2O3.C15H16N2O2/c1-2-21-17(20)14-15(19-22-16(14)18)13-9-8-12(10-13)11-6-4-3-5-7-11;16-9-13(15(18)19)14(17)12-7-6-11(8-12)10-4-2-1-3-5-10/h3-7,12-13H,2,8-10,18H2,1H3;1-5,11-12H,6-8,17H2,(H,18,19). The molecule has 2 saturated carbocycles. The minimum atomic E-state index is -1.23. The lowest BCUT2D eigenvalue weighted by Crippen LogP contribution is -2.16. The fourth-order valence-corrected chi connectivity index (χ4v) is 5.99. The zero-order chi connectivity index (χ0) is 29.4. The van der Waals surface area contributed by atoms with Crippen molar-refractivity contribution in [3.63, 3.8) is 0 Å². The van der Waals surface area contributed by atoms with E-state index in [0.717, 1.165) is 38.5 Å². The average Bonchev–Trinajstić information content (AvgIpc) is 3.75. The second kappa shape index (κ2) is 13.7. The van der Waals surface area contributed by atoms with Crippen LogP contribution in [-0.4, -0.2) is 28.8 Å². The van der Waals surface area contributed by atoms with Crippen LogP contribution in [0.4, 0.5) is 5.88 Å². The molecule has 0 amide bonds. The van der Waals surface area contributed by atoms with Gasteiger partial charge in [-0.05, 0) is 68.4 Å². The summed E-state index contributed by atoms with van der Waals surface area (Å²) in [4.78, 5) is 23.0. The van der Waals surface area contributed by atoms with E-state index in [-0.39, 0.29) is 29.0 Å². The van der Waals surface area contributed by atoms with Crippen LogP contribution in [0.15, 0.2) is 76.5 Å². The van der Waals surface area contributed by atoms with E-state index < -0.39 is 11.9 Å². The molecule has 0 spiro atoms. The number of esters is 1. The number of anilines is 1. The first-order chi connectivity index (χ1) is 19.8. The molecule has 3 aromatic rings. The van der Waals surface area contributed by atoms with Crippen LogP contribution in [0.1, 0.15) is 90.4 Å². The second-order valence-electron chi connectivity index (χ2n) is 10.5. The van der Waals surface area contributed by atoms with Crippen LogP contribution in [0.5, 0.6) is 0 Å². The molecular formula is C32H36N4O5. The first-order valence-corrected chi connectivity index (χ1v) is 14.0. The van der Waals surface area contributed by atoms with E-state index in [0.29, 0.717) is 29.7 Å². The van der Waals surface area contributed by atoms with Crippen LogP contribution in [-0.2, 0) is 9.53 Å². The largest absolute Gasteiger partial charge is 0.477 e. The molecular weight excluding hydrogens is 520 g/mol. The SMILES string of the molecule is CCOC(=O)c1c(C2CCC(c3ccccc3)C2)noc1N.N#CC(C(=O)O)=C(N)C1CCC(c2ccccc2)C1. The topological polar surface area (TPSA) is 165 Å². The van der Waals surface area contributed by atoms with Crippen molar-refractivity contribution in [3.05, 3.63) is 94.3 Å². The highest BCUT2D eigenvalue weighted by atomic mass is 16.5. The molecule has 9 heteroatoms. The highest BCUT2D eigenvalue weighted by molar-refractivity contribution is 5.95. The fourth-order valence-electron chi connectivity index (χ4n) is 5.99. The lowest BCUT2D eigenvalue weighted by atomic mass is 9.94. The Morgan fingerprint density at radius 2 is 1.54 bits per heavy atom. The summed E-state index contributed by atoms with van der Waals surface area (Å²) in [6.07, 6.45) is 5.62. The Balaban J connectivity index is 0.000000191. The third-order valence-electron chi connectivity index (χ3n) is 8.07. The van der Waals surface area contributed by atoms with Crippen LogP contribution < -0.4 is 11.5 Å². The van der Waals surface area contributed by atoms with Gasteiger partial charge in [0, 0.05) is 17.5 Å². The number of nitrogens with zero attached hydrogens (tertiary/aromatic N) is 2. The third-order valence-corrected chi connectivity index (χ3v) is 8.07. The van der Waals surface area contributed by atoms with Crippen molar-refractivity contribution in [3.8, 4) is 6.07 Å². The monoisotopic (exact) mass is 556 g/mol. The van der Waals surface area contributed by atoms with Crippen LogP contribution in [0.25, 0.3) is 0 Å². The Kier molecular flexibility index (Phi) is 9.80. The van der Waals surface area contributed by atoms with Gasteiger partial charge >= 0.3 is 11.9 Å². The number of benzene rings is 2. The minimum Gasteiger partial charge on any atom is -0.477 e. The third kappa shape index (κ3) is 6.95. The zero-order valence-electron chi connectivity index (χ0n) is 23.2. The van der Waals surface area contributed by atoms with Crippen LogP contribution >= 0.6 is 0 Å². The molecule has 9 nitrogen and oxygen atoms in total. The van der Waals surface area contributed by atoms with Gasteiger partial charge in [-0.3, -0.25) is 0 Å². The van der Waals surface area contributed by atoms with Gasteiger partial charge in [0.05, 0.1) is 6.61 Å². The summed E-state index contributed by atoms with van der Waals surface area (Å²) in [5, 5.41) is 21.8. The van der Waals surface area contributed by atoms with Gasteiger partial charge in [0.25, 0.3) is 0 Å². The number of carboxylic acid groups (broad SMARTS) is 1. The average molecular weight is 557 g/mol. The first-order valence-electron chi connectivity index (χ1n) is 14.0. The van der Waals surface area contributed by atoms with Crippen molar-refractivity contribution in [1.82, 2.24) is 5.16 Å². The number of nitriles is 1. The van der Waals surface area contributed by atoms with Gasteiger partial charge in [-0.15, -0.1) is 0 Å². The summed E-state index contributed by atoms with van der Waals surface area (Å²) >= 11 is 0. The van der Waals surface area contributed by atoms with E-state index in [2.05, 4.69) is 41.6 Å². The number of carbonyl (C=O) groups excluding carboxylic acids is 1. The Labute approximate surface area is 239 Å². The number of carboxylic acids is 1. The molecule has 0 bridgehead atoms. The highest BCUT2D eigenvalue weighted by Gasteiger charge is 2.34. The zero-order valence-corrected chi connectivity index (χ0v) is 23.2. The highest BCUT2D eigenvalue weighted by Crippen LogP contribution is 2.45. The quantitative estimate of drug-likeness (QED) is 0.183. The molecule has 0 aliphatic heterocycles. The van der Waals surface area contributed by atoms with Gasteiger partial charge < -0.3 is 25.8 Å². The van der Waals surface area contributed by atoms with Crippen LogP contribution in [0, 0.1) is 17.2 Å². The molecule has 214 valence electrons. The Hall–Kier alpha value is -4.58. The number of hydrogen-bond donors (Lipinski definition) is 3. The van der Waals surface area contributed by atoms with Gasteiger partial charge in [-0.2, -0.15) is 5.26 Å². The number of hydrogen-bond acceptors (Lipinski definition) is 8.